The monoisotopic (exact) mass is 507 g/mol. The van der Waals surface area contributed by atoms with Gasteiger partial charge in [-0.15, -0.1) is 0 Å². The lowest BCUT2D eigenvalue weighted by atomic mass is 9.72. The Morgan fingerprint density at radius 2 is 1.94 bits per heavy atom. The molecule has 0 radical (unpaired) electrons. The predicted molar refractivity (Wildman–Crippen MR) is 133 cm³/mol. The second-order valence-corrected chi connectivity index (χ2v) is 9.98. The molecule has 4 unspecified atom stereocenters. The van der Waals surface area contributed by atoms with Crippen molar-refractivity contribution in [2.45, 2.75) is 57.4 Å². The van der Waals surface area contributed by atoms with Crippen molar-refractivity contribution in [2.75, 3.05) is 26.9 Å². The van der Waals surface area contributed by atoms with Crippen LogP contribution in [0.3, 0.4) is 0 Å². The number of aromatic nitrogens is 2. The van der Waals surface area contributed by atoms with E-state index in [0.29, 0.717) is 43.9 Å². The van der Waals surface area contributed by atoms with Crippen LogP contribution in [-0.2, 0) is 36.7 Å². The van der Waals surface area contributed by atoms with Gasteiger partial charge in [0.15, 0.2) is 11.1 Å². The van der Waals surface area contributed by atoms with Crippen LogP contribution in [-0.4, -0.2) is 57.1 Å². The highest BCUT2D eigenvalue weighted by molar-refractivity contribution is 7.79. The molecule has 1 aromatic carbocycles. The van der Waals surface area contributed by atoms with Gasteiger partial charge >= 0.3 is 5.97 Å². The van der Waals surface area contributed by atoms with Crippen LogP contribution in [0.15, 0.2) is 47.9 Å². The topological polar surface area (TPSA) is 120 Å². The van der Waals surface area contributed by atoms with E-state index in [0.717, 1.165) is 5.56 Å². The van der Waals surface area contributed by atoms with E-state index < -0.39 is 16.5 Å². The van der Waals surface area contributed by atoms with Crippen molar-refractivity contribution in [2.24, 2.45) is 11.3 Å². The molecule has 1 amide bonds. The third-order valence-corrected chi connectivity index (χ3v) is 6.89. The van der Waals surface area contributed by atoms with Gasteiger partial charge in [-0.25, -0.2) is 9.19 Å². The van der Waals surface area contributed by atoms with Crippen LogP contribution < -0.4 is 5.32 Å². The summed E-state index contributed by atoms with van der Waals surface area (Å²) in [5, 5.41) is 2.98. The van der Waals surface area contributed by atoms with Gasteiger partial charge < -0.3 is 23.9 Å². The summed E-state index contributed by atoms with van der Waals surface area (Å²) >= 11 is -2.04. The summed E-state index contributed by atoms with van der Waals surface area (Å²) in [6.45, 7) is 7.30. The molecule has 0 aliphatic carbocycles. The van der Waals surface area contributed by atoms with Crippen molar-refractivity contribution in [3.8, 4) is 0 Å². The van der Waals surface area contributed by atoms with Gasteiger partial charge in [0, 0.05) is 38.5 Å². The zero-order valence-electron chi connectivity index (χ0n) is 20.9. The van der Waals surface area contributed by atoms with Crippen molar-refractivity contribution < 1.29 is 27.8 Å². The average molecular weight is 508 g/mol. The van der Waals surface area contributed by atoms with E-state index >= 15 is 0 Å². The van der Waals surface area contributed by atoms with E-state index in [1.807, 2.05) is 31.5 Å². The zero-order valence-corrected chi connectivity index (χ0v) is 21.8. The molecule has 2 N–H and O–H groups in total. The Hall–Kier alpha value is -2.56. The molecule has 0 aliphatic rings. The number of benzene rings is 1. The maximum Gasteiger partial charge on any atom is 0.311 e. The Kier molecular flexibility index (Phi) is 11.6. The smallest absolute Gasteiger partial charge is 0.311 e. The molecule has 194 valence electrons. The summed E-state index contributed by atoms with van der Waals surface area (Å²) in [7, 11) is 1.54. The molecule has 9 nitrogen and oxygen atoms in total. The van der Waals surface area contributed by atoms with Gasteiger partial charge in [0.25, 0.3) is 0 Å². The number of hydrogen-bond donors (Lipinski definition) is 2. The van der Waals surface area contributed by atoms with Crippen molar-refractivity contribution in [1.82, 2.24) is 14.9 Å². The van der Waals surface area contributed by atoms with E-state index in [4.69, 9.17) is 9.47 Å². The van der Waals surface area contributed by atoms with Gasteiger partial charge in [-0.1, -0.05) is 26.0 Å². The van der Waals surface area contributed by atoms with Gasteiger partial charge in [0.2, 0.25) is 5.91 Å². The van der Waals surface area contributed by atoms with E-state index in [2.05, 4.69) is 10.3 Å². The predicted octanol–water partition coefficient (Wildman–Crippen LogP) is 3.39. The first-order valence-electron chi connectivity index (χ1n) is 11.8. The molecule has 0 saturated carbocycles. The van der Waals surface area contributed by atoms with Crippen molar-refractivity contribution >= 4 is 23.0 Å². The molecule has 1 aromatic heterocycles. The SMILES string of the molecule is CCC(CC(C)(CC(C)c1ccc(S(=O)O)cc1)C(=O)OCCOC)C(=O)NCCn1ccnc1. The fourth-order valence-corrected chi connectivity index (χ4v) is 4.56. The van der Waals surface area contributed by atoms with Crippen LogP contribution in [0.1, 0.15) is 51.5 Å². The second kappa shape index (κ2) is 14.1. The Morgan fingerprint density at radius 1 is 1.23 bits per heavy atom. The first-order chi connectivity index (χ1) is 16.7. The highest BCUT2D eigenvalue weighted by Gasteiger charge is 2.40. The lowest BCUT2D eigenvalue weighted by Crippen LogP contribution is -2.39. The average Bonchev–Trinajstić information content (AvgIpc) is 3.36. The van der Waals surface area contributed by atoms with Gasteiger partial charge in [-0.2, -0.15) is 0 Å². The number of carbonyl (C=O) groups excluding carboxylic acids is 2. The fourth-order valence-electron chi connectivity index (χ4n) is 4.19. The Bertz CT molecular complexity index is 951. The molecule has 0 fully saturated rings. The molecule has 0 bridgehead atoms. The highest BCUT2D eigenvalue weighted by Crippen LogP contribution is 2.39. The number of esters is 1. The van der Waals surface area contributed by atoms with Crippen LogP contribution in [0.2, 0.25) is 0 Å². The number of carbonyl (C=O) groups is 2. The van der Waals surface area contributed by atoms with Gasteiger partial charge in [-0.3, -0.25) is 9.59 Å². The summed E-state index contributed by atoms with van der Waals surface area (Å²) in [4.78, 5) is 30.5. The zero-order chi connectivity index (χ0) is 25.8. The standard InChI is InChI=1S/C25H37N3O6S/c1-5-20(23(29)27-11-13-28-12-10-26-18-28)17-25(3,24(30)34-15-14-33-4)16-19(2)21-6-8-22(9-7-21)35(31)32/h6-10,12,18-20H,5,11,13-17H2,1-4H3,(H,27,29)(H,31,32). The number of ether oxygens (including phenoxy) is 2. The largest absolute Gasteiger partial charge is 0.463 e. The third kappa shape index (κ3) is 8.87. The molecule has 0 spiro atoms. The van der Waals surface area contributed by atoms with Crippen LogP contribution in [0.25, 0.3) is 0 Å². The normalized spacial score (nSPS) is 15.6. The number of nitrogens with one attached hydrogen (secondary N) is 1. The first kappa shape index (κ1) is 28.7. The number of rotatable bonds is 15. The summed E-state index contributed by atoms with van der Waals surface area (Å²) in [6.07, 6.45) is 6.61. The van der Waals surface area contributed by atoms with Crippen LogP contribution >= 0.6 is 0 Å². The lowest BCUT2D eigenvalue weighted by molar-refractivity contribution is -0.158. The number of nitrogens with zero attached hydrogens (tertiary/aromatic N) is 2. The molecule has 2 aromatic rings. The molecule has 35 heavy (non-hydrogen) atoms. The Labute approximate surface area is 209 Å². The molecule has 4 atom stereocenters. The quantitative estimate of drug-likeness (QED) is 0.215. The van der Waals surface area contributed by atoms with Crippen LogP contribution in [0, 0.1) is 11.3 Å². The molecule has 0 aliphatic heterocycles. The Balaban J connectivity index is 2.12. The van der Waals surface area contributed by atoms with Gasteiger partial charge in [0.1, 0.15) is 6.61 Å². The lowest BCUT2D eigenvalue weighted by Gasteiger charge is -2.33. The molecule has 0 saturated heterocycles. The summed E-state index contributed by atoms with van der Waals surface area (Å²) in [5.74, 6) is -0.854. The van der Waals surface area contributed by atoms with Crippen molar-refractivity contribution in [1.29, 1.82) is 0 Å². The number of imidazole rings is 1. The minimum Gasteiger partial charge on any atom is -0.463 e. The minimum atomic E-state index is -2.04. The summed E-state index contributed by atoms with van der Waals surface area (Å²) in [5.41, 5.74) is 0.0292. The van der Waals surface area contributed by atoms with Crippen molar-refractivity contribution in [3.05, 3.63) is 48.5 Å². The molecular formula is C25H37N3O6S. The number of amides is 1. The fraction of sp³-hybridized carbons (Fsp3) is 0.560. The van der Waals surface area contributed by atoms with E-state index in [1.54, 1.807) is 43.9 Å². The van der Waals surface area contributed by atoms with Gasteiger partial charge in [-0.05, 0) is 49.8 Å². The van der Waals surface area contributed by atoms with E-state index in [9.17, 15) is 18.4 Å². The summed E-state index contributed by atoms with van der Waals surface area (Å²) < 4.78 is 33.0. The highest BCUT2D eigenvalue weighted by atomic mass is 32.2. The Morgan fingerprint density at radius 3 is 2.51 bits per heavy atom. The minimum absolute atomic E-state index is 0.0436. The molecule has 1 heterocycles. The maximum atomic E-state index is 13.2. The van der Waals surface area contributed by atoms with E-state index in [-0.39, 0.29) is 30.3 Å². The molecular weight excluding hydrogens is 470 g/mol. The third-order valence-electron chi connectivity index (χ3n) is 6.21. The van der Waals surface area contributed by atoms with Crippen LogP contribution in [0.4, 0.5) is 0 Å². The van der Waals surface area contributed by atoms with E-state index in [1.165, 1.54) is 0 Å². The first-order valence-corrected chi connectivity index (χ1v) is 12.9. The van der Waals surface area contributed by atoms with Crippen LogP contribution in [0.5, 0.6) is 0 Å². The van der Waals surface area contributed by atoms with Crippen molar-refractivity contribution in [3.63, 3.8) is 0 Å². The second-order valence-electron chi connectivity index (χ2n) is 9.01. The number of methoxy groups -OCH3 is 1. The molecule has 10 heteroatoms. The molecule has 2 rings (SSSR count). The van der Waals surface area contributed by atoms with Gasteiger partial charge in [0.05, 0.1) is 23.2 Å². The summed E-state index contributed by atoms with van der Waals surface area (Å²) in [6, 6.07) is 6.81. The maximum absolute atomic E-state index is 13.2. The number of hydrogen-bond acceptors (Lipinski definition) is 6.